The number of hydrogen-bond acceptors (Lipinski definition) is 5. The lowest BCUT2D eigenvalue weighted by molar-refractivity contribution is -0.123. The maximum absolute atomic E-state index is 12.6. The largest absolute Gasteiger partial charge is 0.377 e. The number of nitrogens with zero attached hydrogens (tertiary/aromatic N) is 2. The Bertz CT molecular complexity index is 1200. The first-order chi connectivity index (χ1) is 16.5. The number of piperazine rings is 1. The molecule has 1 fully saturated rings. The molecule has 0 saturated carbocycles. The van der Waals surface area contributed by atoms with Crippen molar-refractivity contribution in [2.24, 2.45) is 5.73 Å². The fourth-order valence-electron chi connectivity index (χ4n) is 5.27. The number of aldehydes is 1. The van der Waals surface area contributed by atoms with Crippen LogP contribution in [0.1, 0.15) is 40.9 Å². The summed E-state index contributed by atoms with van der Waals surface area (Å²) in [5.74, 6) is -0.378. The molecule has 3 aromatic carbocycles. The Morgan fingerprint density at radius 3 is 2.26 bits per heavy atom. The molecule has 0 aliphatic carbocycles. The normalized spacial score (nSPS) is 22.0. The van der Waals surface area contributed by atoms with E-state index in [-0.39, 0.29) is 11.9 Å². The minimum Gasteiger partial charge on any atom is -0.377 e. The van der Waals surface area contributed by atoms with Crippen LogP contribution in [0.3, 0.4) is 0 Å². The number of primary amides is 1. The Kier molecular flexibility index (Phi) is 5.74. The summed E-state index contributed by atoms with van der Waals surface area (Å²) in [6.07, 6.45) is 1.36. The number of benzene rings is 3. The van der Waals surface area contributed by atoms with Crippen molar-refractivity contribution >= 4 is 29.3 Å². The van der Waals surface area contributed by atoms with Crippen LogP contribution >= 0.6 is 0 Å². The molecule has 5 rings (SSSR count). The molecule has 2 heterocycles. The minimum atomic E-state index is -0.860. The molecule has 2 aliphatic rings. The summed E-state index contributed by atoms with van der Waals surface area (Å²) in [7, 11) is 0. The summed E-state index contributed by atoms with van der Waals surface area (Å²) < 4.78 is 0. The second-order valence-corrected chi connectivity index (χ2v) is 9.39. The van der Waals surface area contributed by atoms with E-state index in [0.717, 1.165) is 43.6 Å². The highest BCUT2D eigenvalue weighted by atomic mass is 16.1. The van der Waals surface area contributed by atoms with Crippen LogP contribution in [0.5, 0.6) is 0 Å². The van der Waals surface area contributed by atoms with Crippen molar-refractivity contribution in [3.8, 4) is 0 Å². The Hall–Kier alpha value is -3.80. The Morgan fingerprint density at radius 2 is 1.59 bits per heavy atom. The highest BCUT2D eigenvalue weighted by Crippen LogP contribution is 2.45. The quantitative estimate of drug-likeness (QED) is 0.567. The first kappa shape index (κ1) is 22.0. The predicted octanol–water partition coefficient (Wildman–Crippen LogP) is 4.13. The highest BCUT2D eigenvalue weighted by molar-refractivity contribution is 5.94. The molecule has 0 spiro atoms. The van der Waals surface area contributed by atoms with Gasteiger partial charge in [0, 0.05) is 48.8 Å². The van der Waals surface area contributed by atoms with Crippen molar-refractivity contribution in [3.63, 3.8) is 0 Å². The molecule has 174 valence electrons. The first-order valence-corrected chi connectivity index (χ1v) is 11.8. The van der Waals surface area contributed by atoms with Gasteiger partial charge in [-0.15, -0.1) is 0 Å². The minimum absolute atomic E-state index is 0.128. The lowest BCUT2D eigenvalue weighted by atomic mass is 9.71. The van der Waals surface area contributed by atoms with Gasteiger partial charge in [-0.1, -0.05) is 42.5 Å². The van der Waals surface area contributed by atoms with E-state index in [1.807, 2.05) is 25.1 Å². The maximum atomic E-state index is 12.6. The summed E-state index contributed by atoms with van der Waals surface area (Å²) in [6, 6.07) is 24.3. The second-order valence-electron chi connectivity index (χ2n) is 9.39. The number of para-hydroxylation sites is 2. The molecule has 6 heteroatoms. The van der Waals surface area contributed by atoms with Gasteiger partial charge in [-0.05, 0) is 54.8 Å². The maximum Gasteiger partial charge on any atom is 0.227 e. The van der Waals surface area contributed by atoms with Gasteiger partial charge in [0.05, 0.1) is 11.5 Å². The number of nitrogens with one attached hydrogen (secondary N) is 1. The molecule has 3 aromatic rings. The smallest absolute Gasteiger partial charge is 0.227 e. The van der Waals surface area contributed by atoms with Crippen LogP contribution in [0.2, 0.25) is 0 Å². The summed E-state index contributed by atoms with van der Waals surface area (Å²) >= 11 is 0. The molecule has 3 N–H and O–H groups in total. The van der Waals surface area contributed by atoms with Crippen molar-refractivity contribution in [2.45, 2.75) is 24.8 Å². The van der Waals surface area contributed by atoms with Gasteiger partial charge in [-0.25, -0.2) is 0 Å². The Balaban J connectivity index is 1.39. The number of rotatable bonds is 5. The molecule has 2 atom stereocenters. The molecular formula is C28H30N4O2. The molecule has 1 amide bonds. The fraction of sp³-hybridized carbons (Fsp3) is 0.286. The molecule has 0 radical (unpaired) electrons. The summed E-state index contributed by atoms with van der Waals surface area (Å²) in [4.78, 5) is 29.1. The third kappa shape index (κ3) is 3.89. The zero-order valence-electron chi connectivity index (χ0n) is 19.4. The van der Waals surface area contributed by atoms with E-state index < -0.39 is 5.41 Å². The van der Waals surface area contributed by atoms with Crippen LogP contribution in [-0.2, 0) is 10.2 Å². The van der Waals surface area contributed by atoms with E-state index in [0.29, 0.717) is 17.7 Å². The van der Waals surface area contributed by atoms with Gasteiger partial charge in [0.15, 0.2) is 6.29 Å². The van der Waals surface area contributed by atoms with Crippen LogP contribution in [0, 0.1) is 0 Å². The summed E-state index contributed by atoms with van der Waals surface area (Å²) in [5.41, 5.74) is 10.6. The molecular weight excluding hydrogens is 424 g/mol. The van der Waals surface area contributed by atoms with E-state index in [1.54, 1.807) is 6.07 Å². The molecule has 0 aromatic heterocycles. The van der Waals surface area contributed by atoms with Gasteiger partial charge >= 0.3 is 0 Å². The molecule has 34 heavy (non-hydrogen) atoms. The number of anilines is 3. The van der Waals surface area contributed by atoms with E-state index in [4.69, 9.17) is 5.73 Å². The van der Waals surface area contributed by atoms with E-state index in [2.05, 4.69) is 63.6 Å². The lowest BCUT2D eigenvalue weighted by Crippen LogP contribution is -2.46. The lowest BCUT2D eigenvalue weighted by Gasteiger charge is -2.40. The average molecular weight is 455 g/mol. The van der Waals surface area contributed by atoms with Crippen LogP contribution in [0.4, 0.5) is 17.1 Å². The summed E-state index contributed by atoms with van der Waals surface area (Å²) in [5, 5.41) is 3.54. The van der Waals surface area contributed by atoms with Crippen molar-refractivity contribution in [2.75, 3.05) is 41.3 Å². The second kappa shape index (κ2) is 8.86. The number of nitrogens with two attached hydrogens (primary N) is 1. The average Bonchev–Trinajstić information content (AvgIpc) is 2.89. The molecule has 2 aliphatic heterocycles. The monoisotopic (exact) mass is 454 g/mol. The van der Waals surface area contributed by atoms with Crippen molar-refractivity contribution < 1.29 is 9.59 Å². The molecule has 2 unspecified atom stereocenters. The Labute approximate surface area is 200 Å². The predicted molar refractivity (Wildman–Crippen MR) is 137 cm³/mol. The van der Waals surface area contributed by atoms with Gasteiger partial charge in [0.1, 0.15) is 0 Å². The van der Waals surface area contributed by atoms with Gasteiger partial charge in [0.25, 0.3) is 0 Å². The Morgan fingerprint density at radius 1 is 0.941 bits per heavy atom. The van der Waals surface area contributed by atoms with Gasteiger partial charge in [-0.2, -0.15) is 0 Å². The topological polar surface area (TPSA) is 78.7 Å². The van der Waals surface area contributed by atoms with Gasteiger partial charge in [-0.3, -0.25) is 9.59 Å². The standard InChI is InChI=1S/C28H30N4O2/c1-28(27(29)34)18-25(30-26-21(19-33)8-6-12-24(26)28)20-7-5-11-23(17-20)32-15-13-31(14-16-32)22-9-3-2-4-10-22/h2-12,17,19,25,30H,13-16,18H2,1H3,(H2,29,34). The molecule has 6 nitrogen and oxygen atoms in total. The zero-order chi connectivity index (χ0) is 23.7. The zero-order valence-corrected chi connectivity index (χ0v) is 19.4. The van der Waals surface area contributed by atoms with Crippen LogP contribution < -0.4 is 20.9 Å². The van der Waals surface area contributed by atoms with Gasteiger partial charge in [0.2, 0.25) is 5.91 Å². The number of fused-ring (bicyclic) bond motifs is 1. The fourth-order valence-corrected chi connectivity index (χ4v) is 5.27. The third-order valence-corrected chi connectivity index (χ3v) is 7.33. The van der Waals surface area contributed by atoms with Crippen LogP contribution in [-0.4, -0.2) is 38.4 Å². The molecule has 0 bridgehead atoms. The SMILES string of the molecule is CC1(C(N)=O)CC(c2cccc(N3CCN(c4ccccc4)CC3)c2)Nc2c(C=O)cccc21. The van der Waals surface area contributed by atoms with Crippen molar-refractivity contribution in [1.82, 2.24) is 0 Å². The van der Waals surface area contributed by atoms with Gasteiger partial charge < -0.3 is 20.9 Å². The van der Waals surface area contributed by atoms with E-state index in [1.165, 1.54) is 11.4 Å². The van der Waals surface area contributed by atoms with E-state index in [9.17, 15) is 9.59 Å². The number of amides is 1. The molecule has 1 saturated heterocycles. The number of carbonyl (C=O) groups excluding carboxylic acids is 2. The van der Waals surface area contributed by atoms with E-state index >= 15 is 0 Å². The van der Waals surface area contributed by atoms with Crippen LogP contribution in [0.15, 0.2) is 72.8 Å². The first-order valence-electron chi connectivity index (χ1n) is 11.8. The summed E-state index contributed by atoms with van der Waals surface area (Å²) in [6.45, 7) is 5.68. The number of hydrogen-bond donors (Lipinski definition) is 2. The van der Waals surface area contributed by atoms with Crippen LogP contribution in [0.25, 0.3) is 0 Å². The number of carbonyl (C=O) groups is 2. The van der Waals surface area contributed by atoms with Crippen molar-refractivity contribution in [1.29, 1.82) is 0 Å². The highest BCUT2D eigenvalue weighted by Gasteiger charge is 2.42. The third-order valence-electron chi connectivity index (χ3n) is 7.33. The van der Waals surface area contributed by atoms with Crippen molar-refractivity contribution in [3.05, 3.63) is 89.5 Å².